The molecule has 0 saturated heterocycles. The number of anilines is 1. The van der Waals surface area contributed by atoms with E-state index in [1.165, 1.54) is 35.2 Å². The van der Waals surface area contributed by atoms with E-state index in [1.807, 2.05) is 24.4 Å². The first-order chi connectivity index (χ1) is 14.5. The molecule has 3 heterocycles. The number of allylic oxidation sites excluding steroid dienone is 1. The summed E-state index contributed by atoms with van der Waals surface area (Å²) in [6.07, 6.45) is 0. The van der Waals surface area contributed by atoms with Gasteiger partial charge in [-0.15, -0.1) is 16.4 Å². The number of fused-ring (bicyclic) bond motifs is 1. The average molecular weight is 465 g/mol. The molecule has 156 valence electrons. The van der Waals surface area contributed by atoms with E-state index in [4.69, 9.17) is 16.3 Å². The van der Waals surface area contributed by atoms with Gasteiger partial charge in [0.1, 0.15) is 11.9 Å². The Morgan fingerprint density at radius 2 is 2.27 bits per heavy atom. The maximum absolute atomic E-state index is 13.3. The summed E-state index contributed by atoms with van der Waals surface area (Å²) in [5.74, 6) is 0.282. The molecular formula is C20H18ClFN4O2S2. The molecule has 6 nitrogen and oxygen atoms in total. The minimum absolute atomic E-state index is 0.288. The monoisotopic (exact) mass is 464 g/mol. The number of nitrogens with one attached hydrogen (secondary N) is 1. The van der Waals surface area contributed by atoms with Crippen LogP contribution in [0.2, 0.25) is 5.02 Å². The van der Waals surface area contributed by atoms with Crippen LogP contribution < -0.4 is 5.32 Å². The number of rotatable bonds is 6. The maximum atomic E-state index is 13.3. The Balaban J connectivity index is 1.65. The second-order valence-corrected chi connectivity index (χ2v) is 8.82. The molecule has 0 fully saturated rings. The van der Waals surface area contributed by atoms with Crippen LogP contribution >= 0.6 is 34.7 Å². The largest absolute Gasteiger partial charge is 0.463 e. The Morgan fingerprint density at radius 1 is 1.43 bits per heavy atom. The van der Waals surface area contributed by atoms with Crippen LogP contribution in [0, 0.1) is 5.82 Å². The molecule has 0 amide bonds. The van der Waals surface area contributed by atoms with Crippen LogP contribution in [0.3, 0.4) is 0 Å². The fourth-order valence-electron chi connectivity index (χ4n) is 3.16. The summed E-state index contributed by atoms with van der Waals surface area (Å²) in [4.78, 5) is 18.2. The average Bonchev–Trinajstić information content (AvgIpc) is 3.36. The van der Waals surface area contributed by atoms with Gasteiger partial charge in [0.05, 0.1) is 12.2 Å². The molecule has 0 bridgehead atoms. The summed E-state index contributed by atoms with van der Waals surface area (Å²) < 4.78 is 20.3. The number of esters is 1. The van der Waals surface area contributed by atoms with Crippen molar-refractivity contribution in [1.82, 2.24) is 14.8 Å². The van der Waals surface area contributed by atoms with Crippen LogP contribution in [0.15, 0.2) is 52.1 Å². The number of carbonyl (C=O) groups is 1. The second kappa shape index (κ2) is 8.79. The zero-order chi connectivity index (χ0) is 21.3. The Hall–Kier alpha value is -2.36. The molecule has 1 aromatic carbocycles. The van der Waals surface area contributed by atoms with E-state index in [2.05, 4.69) is 15.4 Å². The van der Waals surface area contributed by atoms with Gasteiger partial charge in [0.2, 0.25) is 11.1 Å². The summed E-state index contributed by atoms with van der Waals surface area (Å²) in [6.45, 7) is 3.90. The van der Waals surface area contributed by atoms with Gasteiger partial charge in [0.15, 0.2) is 0 Å². The van der Waals surface area contributed by atoms with E-state index in [-0.39, 0.29) is 18.4 Å². The molecule has 10 heteroatoms. The van der Waals surface area contributed by atoms with Crippen molar-refractivity contribution in [2.45, 2.75) is 30.8 Å². The topological polar surface area (TPSA) is 69.0 Å². The summed E-state index contributed by atoms with van der Waals surface area (Å²) in [5.41, 5.74) is 1.99. The SMILES string of the molecule is CCOC(=O)C1=C(C)Nc2nc(SCc3ccc(F)cc3Cl)nn2[C@@H]1c1cccs1. The Labute approximate surface area is 186 Å². The molecule has 4 rings (SSSR count). The van der Waals surface area contributed by atoms with Gasteiger partial charge in [-0.2, -0.15) is 4.98 Å². The number of benzene rings is 1. The smallest absolute Gasteiger partial charge is 0.338 e. The van der Waals surface area contributed by atoms with E-state index in [0.29, 0.717) is 33.2 Å². The highest BCUT2D eigenvalue weighted by atomic mass is 35.5. The van der Waals surface area contributed by atoms with Gasteiger partial charge in [0.25, 0.3) is 0 Å². The summed E-state index contributed by atoms with van der Waals surface area (Å²) in [7, 11) is 0. The number of halogens is 2. The minimum Gasteiger partial charge on any atom is -0.463 e. The third kappa shape index (κ3) is 4.10. The first kappa shape index (κ1) is 20.9. The molecular weight excluding hydrogens is 447 g/mol. The van der Waals surface area contributed by atoms with Crippen molar-refractivity contribution < 1.29 is 13.9 Å². The fraction of sp³-hybridized carbons (Fsp3) is 0.250. The third-order valence-electron chi connectivity index (χ3n) is 4.51. The highest BCUT2D eigenvalue weighted by molar-refractivity contribution is 7.98. The maximum Gasteiger partial charge on any atom is 0.338 e. The molecule has 0 aliphatic carbocycles. The first-order valence-electron chi connectivity index (χ1n) is 9.19. The van der Waals surface area contributed by atoms with Crippen LogP contribution in [0.25, 0.3) is 0 Å². The van der Waals surface area contributed by atoms with Crippen molar-refractivity contribution in [3.63, 3.8) is 0 Å². The van der Waals surface area contributed by atoms with Gasteiger partial charge in [-0.25, -0.2) is 13.9 Å². The number of thiophene rings is 1. The van der Waals surface area contributed by atoms with Crippen LogP contribution in [-0.4, -0.2) is 27.3 Å². The Morgan fingerprint density at radius 3 is 2.97 bits per heavy atom. The molecule has 1 N–H and O–H groups in total. The number of thioether (sulfide) groups is 1. The summed E-state index contributed by atoms with van der Waals surface area (Å²) >= 11 is 9.05. The van der Waals surface area contributed by atoms with Crippen LogP contribution in [-0.2, 0) is 15.3 Å². The van der Waals surface area contributed by atoms with Gasteiger partial charge in [-0.3, -0.25) is 0 Å². The van der Waals surface area contributed by atoms with Gasteiger partial charge >= 0.3 is 5.97 Å². The van der Waals surface area contributed by atoms with Gasteiger partial charge in [-0.05, 0) is 43.0 Å². The summed E-state index contributed by atoms with van der Waals surface area (Å²) in [6, 6.07) is 7.79. The predicted molar refractivity (Wildman–Crippen MR) is 116 cm³/mol. The van der Waals surface area contributed by atoms with Crippen LogP contribution in [0.4, 0.5) is 10.3 Å². The summed E-state index contributed by atoms with van der Waals surface area (Å²) in [5, 5.41) is 10.6. The second-order valence-electron chi connectivity index (χ2n) is 6.49. The lowest BCUT2D eigenvalue weighted by atomic mass is 10.0. The highest BCUT2D eigenvalue weighted by Gasteiger charge is 2.35. The van der Waals surface area contributed by atoms with Crippen molar-refractivity contribution in [3.8, 4) is 0 Å². The van der Waals surface area contributed by atoms with Crippen LogP contribution in [0.1, 0.15) is 30.3 Å². The molecule has 2 aromatic heterocycles. The van der Waals surface area contributed by atoms with Crippen molar-refractivity contribution in [3.05, 3.63) is 68.3 Å². The molecule has 0 radical (unpaired) electrons. The molecule has 1 aliphatic heterocycles. The van der Waals surface area contributed by atoms with Crippen molar-refractivity contribution in [1.29, 1.82) is 0 Å². The molecule has 1 atom stereocenters. The zero-order valence-electron chi connectivity index (χ0n) is 16.2. The Kier molecular flexibility index (Phi) is 6.12. The van der Waals surface area contributed by atoms with E-state index >= 15 is 0 Å². The van der Waals surface area contributed by atoms with E-state index in [9.17, 15) is 9.18 Å². The standard InChI is InChI=1S/C20H18ClFN4O2S2/c1-3-28-18(27)16-11(2)23-19-24-20(25-26(19)17(16)15-5-4-8-29-15)30-10-12-6-7-13(22)9-14(12)21/h4-9,17H,3,10H2,1-2H3,(H,23,24,25)/t17-/m1/s1. The molecule has 0 spiro atoms. The van der Waals surface area contributed by atoms with Gasteiger partial charge in [0, 0.05) is 21.3 Å². The normalized spacial score (nSPS) is 15.7. The number of ether oxygens (including phenoxy) is 1. The first-order valence-corrected chi connectivity index (χ1v) is 11.4. The highest BCUT2D eigenvalue weighted by Crippen LogP contribution is 2.38. The van der Waals surface area contributed by atoms with E-state index < -0.39 is 6.04 Å². The quantitative estimate of drug-likeness (QED) is 0.395. The molecule has 1 aliphatic rings. The predicted octanol–water partition coefficient (Wildman–Crippen LogP) is 5.28. The molecule has 0 unspecified atom stereocenters. The Bertz CT molecular complexity index is 1110. The zero-order valence-corrected chi connectivity index (χ0v) is 18.6. The molecule has 0 saturated carbocycles. The van der Waals surface area contributed by atoms with E-state index in [0.717, 1.165) is 10.4 Å². The number of nitrogens with zero attached hydrogens (tertiary/aromatic N) is 3. The lowest BCUT2D eigenvalue weighted by Crippen LogP contribution is -2.29. The number of aromatic nitrogens is 3. The number of hydrogen-bond donors (Lipinski definition) is 1. The fourth-order valence-corrected chi connectivity index (χ4v) is 5.12. The van der Waals surface area contributed by atoms with Crippen molar-refractivity contribution in [2.75, 3.05) is 11.9 Å². The number of hydrogen-bond acceptors (Lipinski definition) is 7. The third-order valence-corrected chi connectivity index (χ3v) is 6.68. The van der Waals surface area contributed by atoms with Gasteiger partial charge < -0.3 is 10.1 Å². The lowest BCUT2D eigenvalue weighted by Gasteiger charge is -2.26. The molecule has 3 aromatic rings. The van der Waals surface area contributed by atoms with E-state index in [1.54, 1.807) is 17.7 Å². The lowest BCUT2D eigenvalue weighted by molar-refractivity contribution is -0.139. The van der Waals surface area contributed by atoms with Gasteiger partial charge in [-0.1, -0.05) is 35.5 Å². The van der Waals surface area contributed by atoms with Crippen molar-refractivity contribution >= 4 is 46.6 Å². The molecule has 30 heavy (non-hydrogen) atoms. The van der Waals surface area contributed by atoms with Crippen molar-refractivity contribution in [2.24, 2.45) is 0 Å². The minimum atomic E-state index is -0.420. The number of carbonyl (C=O) groups excluding carboxylic acids is 1. The van der Waals surface area contributed by atoms with Crippen LogP contribution in [0.5, 0.6) is 0 Å².